The van der Waals surface area contributed by atoms with Gasteiger partial charge in [0.2, 0.25) is 5.13 Å². The van der Waals surface area contributed by atoms with E-state index in [9.17, 15) is 4.79 Å². The molecule has 23 heavy (non-hydrogen) atoms. The molecule has 2 heterocycles. The smallest absolute Gasteiger partial charge is 0.276 e. The van der Waals surface area contributed by atoms with Gasteiger partial charge in [-0.3, -0.25) is 10.1 Å². The van der Waals surface area contributed by atoms with Crippen molar-refractivity contribution in [3.05, 3.63) is 65.5 Å². The van der Waals surface area contributed by atoms with E-state index in [0.717, 1.165) is 15.8 Å². The Morgan fingerprint density at radius 1 is 1.13 bits per heavy atom. The molecule has 116 valence electrons. The van der Waals surface area contributed by atoms with Crippen LogP contribution in [0.4, 0.5) is 5.13 Å². The molecule has 0 unspecified atom stereocenters. The number of aromatic nitrogens is 3. The van der Waals surface area contributed by atoms with Crippen LogP contribution >= 0.6 is 23.1 Å². The first-order valence-electron chi connectivity index (χ1n) is 6.96. The molecule has 0 saturated carbocycles. The lowest BCUT2D eigenvalue weighted by molar-refractivity contribution is 0.102. The minimum Gasteiger partial charge on any atom is -0.295 e. The SMILES string of the molecule is Cc1cccc(C(=O)Nc2nnc(SCc3ccccc3)s2)n1. The summed E-state index contributed by atoms with van der Waals surface area (Å²) >= 11 is 2.96. The molecule has 1 aromatic carbocycles. The van der Waals surface area contributed by atoms with E-state index in [0.29, 0.717) is 10.8 Å². The summed E-state index contributed by atoms with van der Waals surface area (Å²) in [6, 6.07) is 15.5. The molecule has 0 aliphatic carbocycles. The average Bonchev–Trinajstić information content (AvgIpc) is 3.01. The number of thioether (sulfide) groups is 1. The third kappa shape index (κ3) is 4.37. The molecule has 0 bridgehead atoms. The van der Waals surface area contributed by atoms with Crippen LogP contribution in [0.3, 0.4) is 0 Å². The van der Waals surface area contributed by atoms with E-state index in [1.165, 1.54) is 16.9 Å². The summed E-state index contributed by atoms with van der Waals surface area (Å²) in [6.45, 7) is 1.85. The highest BCUT2D eigenvalue weighted by molar-refractivity contribution is 8.00. The molecular weight excluding hydrogens is 328 g/mol. The number of pyridine rings is 1. The van der Waals surface area contributed by atoms with Crippen molar-refractivity contribution >= 4 is 34.1 Å². The van der Waals surface area contributed by atoms with Crippen molar-refractivity contribution in [2.24, 2.45) is 0 Å². The van der Waals surface area contributed by atoms with Gasteiger partial charge in [0, 0.05) is 11.4 Å². The molecule has 0 radical (unpaired) electrons. The highest BCUT2D eigenvalue weighted by Crippen LogP contribution is 2.28. The summed E-state index contributed by atoms with van der Waals surface area (Å²) in [6.07, 6.45) is 0. The number of benzene rings is 1. The highest BCUT2D eigenvalue weighted by atomic mass is 32.2. The Morgan fingerprint density at radius 2 is 1.96 bits per heavy atom. The molecule has 0 aliphatic heterocycles. The Bertz CT molecular complexity index is 805. The van der Waals surface area contributed by atoms with Crippen molar-refractivity contribution in [3.8, 4) is 0 Å². The van der Waals surface area contributed by atoms with Gasteiger partial charge in [0.1, 0.15) is 5.69 Å². The van der Waals surface area contributed by atoms with Gasteiger partial charge >= 0.3 is 0 Å². The fraction of sp³-hybridized carbons (Fsp3) is 0.125. The molecule has 5 nitrogen and oxygen atoms in total. The van der Waals surface area contributed by atoms with E-state index in [2.05, 4.69) is 32.6 Å². The largest absolute Gasteiger partial charge is 0.295 e. The normalized spacial score (nSPS) is 10.5. The van der Waals surface area contributed by atoms with E-state index in [4.69, 9.17) is 0 Å². The summed E-state index contributed by atoms with van der Waals surface area (Å²) in [5.74, 6) is 0.549. The molecule has 2 aromatic heterocycles. The Balaban J connectivity index is 1.60. The van der Waals surface area contributed by atoms with Crippen LogP contribution in [0.1, 0.15) is 21.7 Å². The van der Waals surface area contributed by atoms with Crippen LogP contribution in [0.5, 0.6) is 0 Å². The van der Waals surface area contributed by atoms with Gasteiger partial charge in [-0.2, -0.15) is 0 Å². The first-order chi connectivity index (χ1) is 11.2. The molecule has 3 rings (SSSR count). The zero-order chi connectivity index (χ0) is 16.1. The minimum absolute atomic E-state index is 0.274. The topological polar surface area (TPSA) is 67.8 Å². The second-order valence-electron chi connectivity index (χ2n) is 4.77. The van der Waals surface area contributed by atoms with Crippen LogP contribution in [0.15, 0.2) is 52.9 Å². The van der Waals surface area contributed by atoms with Crippen LogP contribution < -0.4 is 5.32 Å². The number of anilines is 1. The molecule has 0 aliphatic rings. The highest BCUT2D eigenvalue weighted by Gasteiger charge is 2.11. The predicted octanol–water partition coefficient (Wildman–Crippen LogP) is 3.79. The van der Waals surface area contributed by atoms with Crippen molar-refractivity contribution in [1.82, 2.24) is 15.2 Å². The number of hydrogen-bond acceptors (Lipinski definition) is 6. The van der Waals surface area contributed by atoms with Crippen molar-refractivity contribution in [2.75, 3.05) is 5.32 Å². The lowest BCUT2D eigenvalue weighted by Gasteiger charge is -2.00. The van der Waals surface area contributed by atoms with Gasteiger partial charge in [-0.1, -0.05) is 59.5 Å². The lowest BCUT2D eigenvalue weighted by Crippen LogP contribution is -2.13. The standard InChI is InChI=1S/C16H14N4OS2/c1-11-6-5-9-13(17-11)14(21)18-15-19-20-16(23-15)22-10-12-7-3-2-4-8-12/h2-9H,10H2,1H3,(H,18,19,21). The monoisotopic (exact) mass is 342 g/mol. The minimum atomic E-state index is -0.274. The van der Waals surface area contributed by atoms with E-state index in [1.54, 1.807) is 23.9 Å². The van der Waals surface area contributed by atoms with Gasteiger partial charge in [0.05, 0.1) is 0 Å². The fourth-order valence-corrected chi connectivity index (χ4v) is 3.57. The summed E-state index contributed by atoms with van der Waals surface area (Å²) in [5, 5.41) is 11.3. The number of carbonyl (C=O) groups excluding carboxylic acids is 1. The maximum atomic E-state index is 12.1. The Labute approximate surface area is 142 Å². The number of hydrogen-bond donors (Lipinski definition) is 1. The van der Waals surface area contributed by atoms with Crippen LogP contribution in [-0.4, -0.2) is 21.1 Å². The molecule has 0 spiro atoms. The second kappa shape index (κ2) is 7.34. The van der Waals surface area contributed by atoms with Crippen LogP contribution in [0, 0.1) is 6.92 Å². The number of nitrogens with zero attached hydrogens (tertiary/aromatic N) is 3. The fourth-order valence-electron chi connectivity index (χ4n) is 1.87. The molecule has 0 atom stereocenters. The van der Waals surface area contributed by atoms with Crippen molar-refractivity contribution in [1.29, 1.82) is 0 Å². The average molecular weight is 342 g/mol. The third-order valence-electron chi connectivity index (χ3n) is 2.95. The third-order valence-corrected chi connectivity index (χ3v) is 5.00. The van der Waals surface area contributed by atoms with E-state index < -0.39 is 0 Å². The number of carbonyl (C=O) groups is 1. The van der Waals surface area contributed by atoms with Crippen molar-refractivity contribution < 1.29 is 4.79 Å². The zero-order valence-electron chi connectivity index (χ0n) is 12.4. The number of rotatable bonds is 5. The number of nitrogens with one attached hydrogen (secondary N) is 1. The van der Waals surface area contributed by atoms with Crippen LogP contribution in [-0.2, 0) is 5.75 Å². The van der Waals surface area contributed by atoms with Gasteiger partial charge in [0.25, 0.3) is 5.91 Å². The van der Waals surface area contributed by atoms with Gasteiger partial charge in [-0.25, -0.2) is 4.98 Å². The summed E-state index contributed by atoms with van der Waals surface area (Å²) in [5.41, 5.74) is 2.40. The number of amides is 1. The van der Waals surface area contributed by atoms with E-state index >= 15 is 0 Å². The summed E-state index contributed by atoms with van der Waals surface area (Å²) in [4.78, 5) is 16.3. The molecule has 1 N–H and O–H groups in total. The lowest BCUT2D eigenvalue weighted by atomic mass is 10.2. The van der Waals surface area contributed by atoms with E-state index in [-0.39, 0.29) is 5.91 Å². The molecule has 7 heteroatoms. The summed E-state index contributed by atoms with van der Waals surface area (Å²) in [7, 11) is 0. The first kappa shape index (κ1) is 15.6. The molecule has 1 amide bonds. The Hall–Kier alpha value is -2.25. The molecular formula is C16H14N4OS2. The summed E-state index contributed by atoms with van der Waals surface area (Å²) < 4.78 is 0.821. The van der Waals surface area contributed by atoms with Crippen molar-refractivity contribution in [3.63, 3.8) is 0 Å². The van der Waals surface area contributed by atoms with E-state index in [1.807, 2.05) is 31.2 Å². The quantitative estimate of drug-likeness (QED) is 0.564. The Morgan fingerprint density at radius 3 is 2.74 bits per heavy atom. The molecule has 0 fully saturated rings. The predicted molar refractivity (Wildman–Crippen MR) is 92.8 cm³/mol. The van der Waals surface area contributed by atoms with Gasteiger partial charge in [0.15, 0.2) is 4.34 Å². The van der Waals surface area contributed by atoms with Gasteiger partial charge < -0.3 is 0 Å². The zero-order valence-corrected chi connectivity index (χ0v) is 14.0. The molecule has 3 aromatic rings. The molecule has 0 saturated heterocycles. The first-order valence-corrected chi connectivity index (χ1v) is 8.76. The van der Waals surface area contributed by atoms with Gasteiger partial charge in [-0.05, 0) is 24.6 Å². The maximum absolute atomic E-state index is 12.1. The van der Waals surface area contributed by atoms with Crippen molar-refractivity contribution in [2.45, 2.75) is 17.0 Å². The maximum Gasteiger partial charge on any atom is 0.276 e. The number of aryl methyl sites for hydroxylation is 1. The van der Waals surface area contributed by atoms with Crippen LogP contribution in [0.25, 0.3) is 0 Å². The Kier molecular flexibility index (Phi) is 4.99. The van der Waals surface area contributed by atoms with Gasteiger partial charge in [-0.15, -0.1) is 10.2 Å². The second-order valence-corrected chi connectivity index (χ2v) is 6.97. The van der Waals surface area contributed by atoms with Crippen LogP contribution in [0.2, 0.25) is 0 Å².